The lowest BCUT2D eigenvalue weighted by Gasteiger charge is -2.15. The Labute approximate surface area is 121 Å². The SMILES string of the molecule is C=C(OC(=O)COc1ccc(Cl)cc1)P(=O)(OC)OC. The molecule has 8 heteroatoms. The van der Waals surface area contributed by atoms with Crippen LogP contribution in [0.4, 0.5) is 0 Å². The van der Waals surface area contributed by atoms with Crippen LogP contribution in [0.1, 0.15) is 0 Å². The fourth-order valence-electron chi connectivity index (χ4n) is 1.17. The number of hydrogen-bond acceptors (Lipinski definition) is 6. The van der Waals surface area contributed by atoms with Crippen LogP contribution < -0.4 is 4.74 Å². The van der Waals surface area contributed by atoms with E-state index in [1.807, 2.05) is 0 Å². The Morgan fingerprint density at radius 2 is 1.80 bits per heavy atom. The molecule has 0 saturated carbocycles. The Kier molecular flexibility index (Phi) is 6.23. The summed E-state index contributed by atoms with van der Waals surface area (Å²) < 4.78 is 31.0. The highest BCUT2D eigenvalue weighted by Gasteiger charge is 2.29. The van der Waals surface area contributed by atoms with Gasteiger partial charge in [0.05, 0.1) is 0 Å². The Bertz CT molecular complexity index is 519. The first-order valence-electron chi connectivity index (χ1n) is 5.41. The second-order valence-electron chi connectivity index (χ2n) is 3.47. The lowest BCUT2D eigenvalue weighted by atomic mass is 10.3. The van der Waals surface area contributed by atoms with Crippen molar-refractivity contribution in [3.05, 3.63) is 41.4 Å². The van der Waals surface area contributed by atoms with Crippen molar-refractivity contribution >= 4 is 25.2 Å². The highest BCUT2D eigenvalue weighted by molar-refractivity contribution is 7.58. The summed E-state index contributed by atoms with van der Waals surface area (Å²) in [6.07, 6.45) is 0. The molecule has 0 bridgehead atoms. The van der Waals surface area contributed by atoms with Crippen molar-refractivity contribution < 1.29 is 27.9 Å². The van der Waals surface area contributed by atoms with Crippen LogP contribution >= 0.6 is 19.2 Å². The molecule has 0 N–H and O–H groups in total. The number of halogens is 1. The van der Waals surface area contributed by atoms with Gasteiger partial charge in [0.15, 0.2) is 6.61 Å². The fraction of sp³-hybridized carbons (Fsp3) is 0.250. The van der Waals surface area contributed by atoms with Crippen LogP contribution in [0.5, 0.6) is 5.75 Å². The lowest BCUT2D eigenvalue weighted by Crippen LogP contribution is -2.15. The van der Waals surface area contributed by atoms with Crippen LogP contribution in [0.15, 0.2) is 36.3 Å². The molecule has 0 aromatic heterocycles. The average molecular weight is 321 g/mol. The first kappa shape index (κ1) is 16.7. The van der Waals surface area contributed by atoms with Crippen LogP contribution in [-0.4, -0.2) is 26.8 Å². The van der Waals surface area contributed by atoms with Crippen molar-refractivity contribution in [2.45, 2.75) is 0 Å². The number of benzene rings is 1. The Morgan fingerprint density at radius 3 is 2.30 bits per heavy atom. The molecule has 0 amide bonds. The van der Waals surface area contributed by atoms with E-state index >= 15 is 0 Å². The Hall–Kier alpha value is -1.33. The average Bonchev–Trinajstić information content (AvgIpc) is 2.45. The highest BCUT2D eigenvalue weighted by Crippen LogP contribution is 2.54. The summed E-state index contributed by atoms with van der Waals surface area (Å²) in [6.45, 7) is 2.96. The third kappa shape index (κ3) is 4.65. The largest absolute Gasteiger partial charge is 0.482 e. The molecule has 0 heterocycles. The van der Waals surface area contributed by atoms with E-state index < -0.39 is 19.1 Å². The topological polar surface area (TPSA) is 71.1 Å². The molecule has 6 nitrogen and oxygen atoms in total. The maximum Gasteiger partial charge on any atom is 0.395 e. The molecule has 0 fully saturated rings. The van der Waals surface area contributed by atoms with Crippen LogP contribution in [-0.2, 0) is 23.1 Å². The van der Waals surface area contributed by atoms with Crippen LogP contribution in [0.25, 0.3) is 0 Å². The molecule has 1 aromatic carbocycles. The maximum atomic E-state index is 11.8. The van der Waals surface area contributed by atoms with Crippen LogP contribution in [0.2, 0.25) is 5.02 Å². The summed E-state index contributed by atoms with van der Waals surface area (Å²) in [4.78, 5) is 11.5. The van der Waals surface area contributed by atoms with E-state index in [2.05, 4.69) is 15.6 Å². The number of carbonyl (C=O) groups is 1. The van der Waals surface area contributed by atoms with E-state index in [4.69, 9.17) is 21.1 Å². The second-order valence-corrected chi connectivity index (χ2v) is 6.13. The molecule has 0 spiro atoms. The standard InChI is InChI=1S/C12H14ClO6P/c1-9(20(15,16-2)17-3)19-12(14)8-18-11-6-4-10(13)5-7-11/h4-7H,1,8H2,2-3H3. The molecule has 20 heavy (non-hydrogen) atoms. The van der Waals surface area contributed by atoms with Crippen LogP contribution in [0.3, 0.4) is 0 Å². The number of rotatable bonds is 7. The molecule has 0 atom stereocenters. The van der Waals surface area contributed by atoms with Gasteiger partial charge in [0.2, 0.25) is 5.50 Å². The summed E-state index contributed by atoms with van der Waals surface area (Å²) in [7, 11) is -1.32. The molecule has 0 aliphatic carbocycles. The smallest absolute Gasteiger partial charge is 0.395 e. The van der Waals surface area contributed by atoms with E-state index in [-0.39, 0.29) is 6.61 Å². The summed E-state index contributed by atoms with van der Waals surface area (Å²) in [5.41, 5.74) is -0.396. The summed E-state index contributed by atoms with van der Waals surface area (Å²) in [5.74, 6) is -0.335. The monoisotopic (exact) mass is 320 g/mol. The maximum absolute atomic E-state index is 11.8. The zero-order valence-electron chi connectivity index (χ0n) is 11.0. The van der Waals surface area contributed by atoms with Gasteiger partial charge in [0.25, 0.3) is 0 Å². The fourth-order valence-corrected chi connectivity index (χ4v) is 2.06. The van der Waals surface area contributed by atoms with Gasteiger partial charge in [-0.25, -0.2) is 4.79 Å². The van der Waals surface area contributed by atoms with E-state index in [1.54, 1.807) is 24.3 Å². The molecule has 0 aliphatic heterocycles. The molecule has 110 valence electrons. The first-order chi connectivity index (χ1) is 9.41. The number of esters is 1. The van der Waals surface area contributed by atoms with Crippen molar-refractivity contribution in [1.82, 2.24) is 0 Å². The van der Waals surface area contributed by atoms with Crippen molar-refractivity contribution in [3.63, 3.8) is 0 Å². The van der Waals surface area contributed by atoms with Gasteiger partial charge < -0.3 is 18.5 Å². The van der Waals surface area contributed by atoms with Gasteiger partial charge in [-0.15, -0.1) is 0 Å². The van der Waals surface area contributed by atoms with E-state index in [0.717, 1.165) is 14.2 Å². The van der Waals surface area contributed by atoms with Gasteiger partial charge >= 0.3 is 13.6 Å². The van der Waals surface area contributed by atoms with Crippen LogP contribution in [0, 0.1) is 0 Å². The van der Waals surface area contributed by atoms with Gasteiger partial charge in [-0.3, -0.25) is 4.57 Å². The molecule has 0 saturated heterocycles. The minimum absolute atomic E-state index is 0.381. The van der Waals surface area contributed by atoms with Crippen molar-refractivity contribution in [2.24, 2.45) is 0 Å². The summed E-state index contributed by atoms with van der Waals surface area (Å²) >= 11 is 5.71. The van der Waals surface area contributed by atoms with E-state index in [0.29, 0.717) is 10.8 Å². The molecular formula is C12H14ClO6P. The lowest BCUT2D eigenvalue weighted by molar-refractivity contribution is -0.141. The minimum atomic E-state index is -3.64. The molecule has 1 aromatic rings. The second kappa shape index (κ2) is 7.45. The van der Waals surface area contributed by atoms with Crippen molar-refractivity contribution in [2.75, 3.05) is 20.8 Å². The van der Waals surface area contributed by atoms with Crippen molar-refractivity contribution in [3.8, 4) is 5.75 Å². The Morgan fingerprint density at radius 1 is 1.25 bits per heavy atom. The zero-order valence-corrected chi connectivity index (χ0v) is 12.6. The summed E-state index contributed by atoms with van der Waals surface area (Å²) in [6, 6.07) is 6.43. The molecule has 0 radical (unpaired) electrons. The van der Waals surface area contributed by atoms with Gasteiger partial charge in [-0.1, -0.05) is 11.6 Å². The first-order valence-corrected chi connectivity index (χ1v) is 7.33. The molecular weight excluding hydrogens is 307 g/mol. The van der Waals surface area contributed by atoms with Gasteiger partial charge in [0, 0.05) is 19.2 Å². The van der Waals surface area contributed by atoms with E-state index in [9.17, 15) is 9.36 Å². The number of carbonyl (C=O) groups excluding carboxylic acids is 1. The predicted molar refractivity (Wildman–Crippen MR) is 73.8 cm³/mol. The minimum Gasteiger partial charge on any atom is -0.482 e. The third-order valence-electron chi connectivity index (χ3n) is 2.19. The summed E-state index contributed by atoms with van der Waals surface area (Å²) in [5, 5.41) is 0.550. The molecule has 1 rings (SSSR count). The third-order valence-corrected chi connectivity index (χ3v) is 4.10. The predicted octanol–water partition coefficient (Wildman–Crippen LogP) is 3.22. The van der Waals surface area contributed by atoms with Gasteiger partial charge in [0.1, 0.15) is 5.75 Å². The van der Waals surface area contributed by atoms with Gasteiger partial charge in [-0.2, -0.15) is 0 Å². The number of hydrogen-bond donors (Lipinski definition) is 0. The quantitative estimate of drug-likeness (QED) is 0.436. The normalized spacial score (nSPS) is 10.9. The molecule has 0 aliphatic rings. The van der Waals surface area contributed by atoms with E-state index in [1.165, 1.54) is 0 Å². The number of ether oxygens (including phenoxy) is 2. The Balaban J connectivity index is 2.50. The van der Waals surface area contributed by atoms with Gasteiger partial charge in [-0.05, 0) is 30.8 Å². The zero-order chi connectivity index (χ0) is 15.2. The van der Waals surface area contributed by atoms with Crippen molar-refractivity contribution in [1.29, 1.82) is 0 Å². The molecule has 0 unspecified atom stereocenters. The highest BCUT2D eigenvalue weighted by atomic mass is 35.5.